The Morgan fingerprint density at radius 3 is 2.38 bits per heavy atom. The number of amides is 1. The zero-order valence-electron chi connectivity index (χ0n) is 18.3. The molecule has 0 bridgehead atoms. The molecular formula is C26H23ClN2O3. The molecule has 4 aromatic rings. The van der Waals surface area contributed by atoms with E-state index in [9.17, 15) is 4.79 Å². The first-order chi connectivity index (χ1) is 15.4. The zero-order valence-corrected chi connectivity index (χ0v) is 19.1. The van der Waals surface area contributed by atoms with E-state index >= 15 is 0 Å². The standard InChI is InChI=1S/C26H23ClN2O3/c1-15-9-10-17(11-16(15)2)22-12-19(18-7-5-6-8-21(18)28-22)26(30)29-23-14-24(31-3)20(27)13-25(23)32-4/h5-14H,1-4H3,(H,29,30). The van der Waals surface area contributed by atoms with Gasteiger partial charge in [-0.25, -0.2) is 4.98 Å². The molecule has 0 aliphatic rings. The molecule has 1 aromatic heterocycles. The molecule has 0 aliphatic heterocycles. The molecule has 0 saturated heterocycles. The molecule has 0 saturated carbocycles. The summed E-state index contributed by atoms with van der Waals surface area (Å²) in [7, 11) is 3.04. The topological polar surface area (TPSA) is 60.5 Å². The van der Waals surface area contributed by atoms with Crippen molar-refractivity contribution in [3.8, 4) is 22.8 Å². The number of benzene rings is 3. The van der Waals surface area contributed by atoms with Crippen LogP contribution in [0.4, 0.5) is 5.69 Å². The monoisotopic (exact) mass is 446 g/mol. The number of aromatic nitrogens is 1. The summed E-state index contributed by atoms with van der Waals surface area (Å²) in [6.07, 6.45) is 0. The van der Waals surface area contributed by atoms with Crippen molar-refractivity contribution in [2.24, 2.45) is 0 Å². The number of halogens is 1. The maximum atomic E-state index is 13.4. The molecule has 1 heterocycles. The molecule has 1 amide bonds. The van der Waals surface area contributed by atoms with Crippen molar-refractivity contribution >= 4 is 34.1 Å². The van der Waals surface area contributed by atoms with E-state index in [1.165, 1.54) is 25.3 Å². The van der Waals surface area contributed by atoms with Crippen molar-refractivity contribution in [3.05, 3.63) is 82.4 Å². The van der Waals surface area contributed by atoms with E-state index in [1.807, 2.05) is 36.4 Å². The molecule has 0 atom stereocenters. The number of pyridine rings is 1. The van der Waals surface area contributed by atoms with E-state index in [2.05, 4.69) is 31.3 Å². The summed E-state index contributed by atoms with van der Waals surface area (Å²) in [5.41, 5.74) is 5.79. The van der Waals surface area contributed by atoms with Crippen molar-refractivity contribution in [1.29, 1.82) is 0 Å². The van der Waals surface area contributed by atoms with Crippen LogP contribution in [-0.4, -0.2) is 25.1 Å². The summed E-state index contributed by atoms with van der Waals surface area (Å²) in [5.74, 6) is 0.603. The highest BCUT2D eigenvalue weighted by Gasteiger charge is 2.18. The zero-order chi connectivity index (χ0) is 22.8. The number of ether oxygens (including phenoxy) is 2. The first-order valence-electron chi connectivity index (χ1n) is 10.1. The number of hydrogen-bond acceptors (Lipinski definition) is 4. The second kappa shape index (κ2) is 8.89. The van der Waals surface area contributed by atoms with Crippen LogP contribution in [0.25, 0.3) is 22.2 Å². The van der Waals surface area contributed by atoms with Crippen molar-refractivity contribution in [1.82, 2.24) is 4.98 Å². The number of nitrogens with one attached hydrogen (secondary N) is 1. The van der Waals surface area contributed by atoms with Crippen LogP contribution in [0.1, 0.15) is 21.5 Å². The second-order valence-electron chi connectivity index (χ2n) is 7.51. The summed E-state index contributed by atoms with van der Waals surface area (Å²) in [4.78, 5) is 18.2. The third-order valence-corrected chi connectivity index (χ3v) is 5.78. The Morgan fingerprint density at radius 2 is 1.66 bits per heavy atom. The molecule has 3 aromatic carbocycles. The van der Waals surface area contributed by atoms with E-state index in [-0.39, 0.29) is 5.91 Å². The molecule has 0 spiro atoms. The summed E-state index contributed by atoms with van der Waals surface area (Å²) in [6.45, 7) is 4.13. The van der Waals surface area contributed by atoms with Gasteiger partial charge in [-0.1, -0.05) is 41.9 Å². The maximum Gasteiger partial charge on any atom is 0.256 e. The number of methoxy groups -OCH3 is 2. The molecule has 162 valence electrons. The summed E-state index contributed by atoms with van der Waals surface area (Å²) < 4.78 is 10.7. The molecule has 0 aliphatic carbocycles. The van der Waals surface area contributed by atoms with Gasteiger partial charge in [0.1, 0.15) is 11.5 Å². The third-order valence-electron chi connectivity index (χ3n) is 5.49. The maximum absolute atomic E-state index is 13.4. The molecule has 6 heteroatoms. The summed E-state index contributed by atoms with van der Waals surface area (Å²) in [5, 5.41) is 4.10. The fraction of sp³-hybridized carbons (Fsp3) is 0.154. The van der Waals surface area contributed by atoms with E-state index < -0.39 is 0 Å². The molecule has 1 N–H and O–H groups in total. The average Bonchev–Trinajstić information content (AvgIpc) is 2.80. The van der Waals surface area contributed by atoms with Crippen LogP contribution in [0.3, 0.4) is 0 Å². The van der Waals surface area contributed by atoms with Gasteiger partial charge in [0, 0.05) is 23.1 Å². The molecule has 4 rings (SSSR count). The smallest absolute Gasteiger partial charge is 0.256 e. The number of fused-ring (bicyclic) bond motifs is 1. The van der Waals surface area contributed by atoms with Gasteiger partial charge in [0.15, 0.2) is 0 Å². The van der Waals surface area contributed by atoms with Gasteiger partial charge >= 0.3 is 0 Å². The van der Waals surface area contributed by atoms with Gasteiger partial charge in [-0.2, -0.15) is 0 Å². The van der Waals surface area contributed by atoms with Gasteiger partial charge < -0.3 is 14.8 Å². The van der Waals surface area contributed by atoms with Crippen molar-refractivity contribution < 1.29 is 14.3 Å². The van der Waals surface area contributed by atoms with Gasteiger partial charge in [0.2, 0.25) is 0 Å². The number of nitrogens with zero attached hydrogens (tertiary/aromatic N) is 1. The number of para-hydroxylation sites is 1. The number of carbonyl (C=O) groups is 1. The van der Waals surface area contributed by atoms with Crippen LogP contribution < -0.4 is 14.8 Å². The number of rotatable bonds is 5. The Morgan fingerprint density at radius 1 is 0.906 bits per heavy atom. The minimum absolute atomic E-state index is 0.281. The highest BCUT2D eigenvalue weighted by molar-refractivity contribution is 6.32. The average molecular weight is 447 g/mol. The van der Waals surface area contributed by atoms with Crippen LogP contribution in [0.2, 0.25) is 5.02 Å². The third kappa shape index (κ3) is 4.12. The first-order valence-corrected chi connectivity index (χ1v) is 10.5. The number of anilines is 1. The summed E-state index contributed by atoms with van der Waals surface area (Å²) >= 11 is 6.20. The molecular weight excluding hydrogens is 424 g/mol. The second-order valence-corrected chi connectivity index (χ2v) is 7.92. The number of aryl methyl sites for hydroxylation is 2. The largest absolute Gasteiger partial charge is 0.495 e. The van der Waals surface area contributed by atoms with E-state index in [0.717, 1.165) is 22.2 Å². The number of hydrogen-bond donors (Lipinski definition) is 1. The lowest BCUT2D eigenvalue weighted by Gasteiger charge is -2.15. The van der Waals surface area contributed by atoms with Crippen LogP contribution in [-0.2, 0) is 0 Å². The van der Waals surface area contributed by atoms with Crippen LogP contribution in [0.5, 0.6) is 11.5 Å². The normalized spacial score (nSPS) is 10.8. The first kappa shape index (κ1) is 21.7. The van der Waals surface area contributed by atoms with Crippen molar-refractivity contribution in [2.45, 2.75) is 13.8 Å². The SMILES string of the molecule is COc1cc(NC(=O)c2cc(-c3ccc(C)c(C)c3)nc3ccccc23)c(OC)cc1Cl. The quantitative estimate of drug-likeness (QED) is 0.383. The van der Waals surface area contributed by atoms with E-state index in [0.29, 0.717) is 27.8 Å². The Bertz CT molecular complexity index is 1330. The Kier molecular flexibility index (Phi) is 6.01. The lowest BCUT2D eigenvalue weighted by atomic mass is 10.0. The fourth-order valence-electron chi connectivity index (χ4n) is 3.56. The highest BCUT2D eigenvalue weighted by atomic mass is 35.5. The molecule has 0 fully saturated rings. The van der Waals surface area contributed by atoms with Gasteiger partial charge in [-0.05, 0) is 43.2 Å². The molecule has 0 unspecified atom stereocenters. The number of carbonyl (C=O) groups excluding carboxylic acids is 1. The summed E-state index contributed by atoms with van der Waals surface area (Å²) in [6, 6.07) is 18.8. The van der Waals surface area contributed by atoms with Gasteiger partial charge in [0.25, 0.3) is 5.91 Å². The van der Waals surface area contributed by atoms with Crippen molar-refractivity contribution in [3.63, 3.8) is 0 Å². The predicted octanol–water partition coefficient (Wildman–Crippen LogP) is 6.44. The Balaban J connectivity index is 1.81. The van der Waals surface area contributed by atoms with Gasteiger partial charge in [-0.15, -0.1) is 0 Å². The van der Waals surface area contributed by atoms with Crippen LogP contribution in [0.15, 0.2) is 60.7 Å². The molecule has 5 nitrogen and oxygen atoms in total. The van der Waals surface area contributed by atoms with Gasteiger partial charge in [-0.3, -0.25) is 4.79 Å². The Labute approximate surface area is 192 Å². The minimum atomic E-state index is -0.281. The highest BCUT2D eigenvalue weighted by Crippen LogP contribution is 2.36. The fourth-order valence-corrected chi connectivity index (χ4v) is 3.79. The predicted molar refractivity (Wildman–Crippen MR) is 129 cm³/mol. The lowest BCUT2D eigenvalue weighted by Crippen LogP contribution is -2.14. The van der Waals surface area contributed by atoms with Crippen molar-refractivity contribution in [2.75, 3.05) is 19.5 Å². The molecule has 0 radical (unpaired) electrons. The lowest BCUT2D eigenvalue weighted by molar-refractivity contribution is 0.102. The van der Waals surface area contributed by atoms with Gasteiger partial charge in [0.05, 0.1) is 41.7 Å². The van der Waals surface area contributed by atoms with E-state index in [4.69, 9.17) is 26.1 Å². The van der Waals surface area contributed by atoms with Crippen LogP contribution >= 0.6 is 11.6 Å². The van der Waals surface area contributed by atoms with E-state index in [1.54, 1.807) is 12.1 Å². The minimum Gasteiger partial charge on any atom is -0.495 e. The van der Waals surface area contributed by atoms with Crippen LogP contribution in [0, 0.1) is 13.8 Å². The molecule has 32 heavy (non-hydrogen) atoms. The Hall–Kier alpha value is -3.57.